The number of nitrogens with zero attached hydrogens (tertiary/aromatic N) is 4. The number of nitro groups is 1. The van der Waals surface area contributed by atoms with Gasteiger partial charge in [-0.05, 0) is 57.6 Å². The number of aliphatic imine (C=N–C) groups is 3. The number of carbonyl (C=O) groups excluding carboxylic acids is 7. The first-order valence-electron chi connectivity index (χ1n) is 24.5. The molecule has 0 aliphatic carbocycles. The van der Waals surface area contributed by atoms with E-state index in [4.69, 9.17) is 48.1 Å². The summed E-state index contributed by atoms with van der Waals surface area (Å²) < 4.78 is 36.5. The largest absolute Gasteiger partial charge is 0.469 e. The first-order valence-corrected chi connectivity index (χ1v) is 24.5. The van der Waals surface area contributed by atoms with Gasteiger partial charge in [0.15, 0.2) is 0 Å². The van der Waals surface area contributed by atoms with Gasteiger partial charge < -0.3 is 38.5 Å². The third kappa shape index (κ3) is 10.3. The van der Waals surface area contributed by atoms with Gasteiger partial charge in [-0.1, -0.05) is 34.6 Å². The molecule has 5 aliphatic rings. The minimum Gasteiger partial charge on any atom is -0.469 e. The molecule has 21 heteroatoms. The van der Waals surface area contributed by atoms with Crippen LogP contribution in [0.25, 0.3) is 0 Å². The molecule has 402 valence electrons. The number of fused-ring (bicyclic) bond motifs is 6. The van der Waals surface area contributed by atoms with Gasteiger partial charge in [-0.15, -0.1) is 0 Å². The van der Waals surface area contributed by atoms with Crippen LogP contribution in [0.5, 0.6) is 0 Å². The fraction of sp³-hybridized carbons (Fsp3) is 0.692. The van der Waals surface area contributed by atoms with E-state index in [1.165, 1.54) is 49.8 Å². The number of ether oxygens (including phenoxy) is 7. The predicted molar refractivity (Wildman–Crippen MR) is 264 cm³/mol. The van der Waals surface area contributed by atoms with Gasteiger partial charge in [-0.2, -0.15) is 0 Å². The Hall–Kier alpha value is -6.28. The lowest BCUT2D eigenvalue weighted by Gasteiger charge is -2.48. The summed E-state index contributed by atoms with van der Waals surface area (Å²) in [5, 5.41) is 17.6. The van der Waals surface area contributed by atoms with E-state index in [2.05, 4.69) is 5.32 Å². The van der Waals surface area contributed by atoms with Crippen LogP contribution in [-0.4, -0.2) is 125 Å². The summed E-state index contributed by atoms with van der Waals surface area (Å²) in [6.45, 7) is 14.4. The lowest BCUT2D eigenvalue weighted by atomic mass is 9.55. The van der Waals surface area contributed by atoms with Crippen LogP contribution in [0, 0.1) is 55.4 Å². The molecule has 0 aromatic carbocycles. The molecule has 0 spiro atoms. The molecule has 5 heterocycles. The van der Waals surface area contributed by atoms with Gasteiger partial charge in [0.05, 0.1) is 91.2 Å². The minimum absolute atomic E-state index is 0.0337. The fourth-order valence-electron chi connectivity index (χ4n) is 12.7. The van der Waals surface area contributed by atoms with Crippen LogP contribution >= 0.6 is 0 Å². The Balaban J connectivity index is 2.13. The van der Waals surface area contributed by atoms with Crippen LogP contribution in [0.1, 0.15) is 126 Å². The third-order valence-corrected chi connectivity index (χ3v) is 17.1. The summed E-state index contributed by atoms with van der Waals surface area (Å²) in [5.41, 5.74) is -4.67. The van der Waals surface area contributed by atoms with Crippen molar-refractivity contribution < 1.29 is 71.6 Å². The average molecular weight is 1020 g/mol. The van der Waals surface area contributed by atoms with Crippen molar-refractivity contribution in [1.82, 2.24) is 5.32 Å². The van der Waals surface area contributed by atoms with E-state index >= 15 is 0 Å². The van der Waals surface area contributed by atoms with Crippen LogP contribution in [0.3, 0.4) is 0 Å². The minimum atomic E-state index is -1.49. The molecular weight excluding hydrogens is 951 g/mol. The second-order valence-electron chi connectivity index (χ2n) is 21.1. The van der Waals surface area contributed by atoms with Crippen molar-refractivity contribution in [2.75, 3.05) is 49.8 Å². The van der Waals surface area contributed by atoms with Crippen molar-refractivity contribution in [2.24, 2.45) is 60.3 Å². The maximum Gasteiger partial charge on any atom is 0.310 e. The highest BCUT2D eigenvalue weighted by Gasteiger charge is 2.67. The number of hydrogen-bond donors (Lipinski definition) is 1. The normalized spacial score (nSPS) is 30.9. The number of allylic oxidation sites excluding steroid dienone is 6. The maximum absolute atomic E-state index is 14.1. The second kappa shape index (κ2) is 22.1. The molecule has 0 radical (unpaired) electrons. The van der Waals surface area contributed by atoms with E-state index in [0.29, 0.717) is 34.0 Å². The quantitative estimate of drug-likeness (QED) is 0.0658. The summed E-state index contributed by atoms with van der Waals surface area (Å²) in [7, 11) is 8.75. The molecule has 1 saturated heterocycles. The van der Waals surface area contributed by atoms with Gasteiger partial charge in [0.25, 0.3) is 0 Å². The smallest absolute Gasteiger partial charge is 0.310 e. The molecule has 9 atom stereocenters. The molecule has 0 amide bonds. The van der Waals surface area contributed by atoms with E-state index in [0.717, 1.165) is 0 Å². The third-order valence-electron chi connectivity index (χ3n) is 17.1. The Morgan fingerprint density at radius 1 is 0.603 bits per heavy atom. The van der Waals surface area contributed by atoms with Crippen LogP contribution in [0.15, 0.2) is 48.9 Å². The Morgan fingerprint density at radius 2 is 1.08 bits per heavy atom. The molecule has 5 aliphatic heterocycles. The topological polar surface area (TPSA) is 276 Å². The number of rotatable bonds is 19. The molecule has 0 aromatic heterocycles. The molecule has 73 heavy (non-hydrogen) atoms. The van der Waals surface area contributed by atoms with Crippen molar-refractivity contribution in [3.05, 3.63) is 44.0 Å². The fourth-order valence-corrected chi connectivity index (χ4v) is 12.7. The summed E-state index contributed by atoms with van der Waals surface area (Å²) in [5.74, 6) is -7.46. The predicted octanol–water partition coefficient (Wildman–Crippen LogP) is 6.14. The van der Waals surface area contributed by atoms with Gasteiger partial charge >= 0.3 is 47.5 Å². The highest BCUT2D eigenvalue weighted by molar-refractivity contribution is 6.11. The van der Waals surface area contributed by atoms with E-state index in [9.17, 15) is 43.7 Å². The molecule has 0 saturated carbocycles. The van der Waals surface area contributed by atoms with Crippen molar-refractivity contribution in [3.8, 4) is 0 Å². The van der Waals surface area contributed by atoms with Crippen molar-refractivity contribution in [2.45, 2.75) is 138 Å². The van der Waals surface area contributed by atoms with Gasteiger partial charge in [0.1, 0.15) is 5.71 Å². The zero-order chi connectivity index (χ0) is 54.8. The maximum atomic E-state index is 14.1. The molecule has 8 bridgehead atoms. The molecular formula is C52H73N5O16. The lowest BCUT2D eigenvalue weighted by Crippen LogP contribution is -2.55. The van der Waals surface area contributed by atoms with Crippen LogP contribution in [-0.2, 0) is 66.7 Å². The number of nitrogens with one attached hydrogen (secondary N) is 1. The Labute approximate surface area is 426 Å². The molecule has 5 rings (SSSR count). The number of carbonyl (C=O) groups is 7. The highest BCUT2D eigenvalue weighted by Crippen LogP contribution is 2.63. The molecule has 1 fully saturated rings. The van der Waals surface area contributed by atoms with Crippen molar-refractivity contribution >= 4 is 58.9 Å². The van der Waals surface area contributed by atoms with Gasteiger partial charge in [-0.3, -0.25) is 53.7 Å². The molecule has 1 unspecified atom stereocenters. The number of esters is 7. The summed E-state index contributed by atoms with van der Waals surface area (Å²) in [6, 6.07) is -1.00. The molecule has 0 aromatic rings. The van der Waals surface area contributed by atoms with Crippen molar-refractivity contribution in [1.29, 1.82) is 0 Å². The van der Waals surface area contributed by atoms with E-state index < -0.39 is 109 Å². The number of hydrogen-bond acceptors (Lipinski definition) is 20. The van der Waals surface area contributed by atoms with Gasteiger partial charge in [0, 0.05) is 93.8 Å². The van der Waals surface area contributed by atoms with E-state index in [1.807, 2.05) is 20.8 Å². The van der Waals surface area contributed by atoms with Crippen LogP contribution < -0.4 is 5.32 Å². The second-order valence-corrected chi connectivity index (χ2v) is 21.1. The monoisotopic (exact) mass is 1020 g/mol. The average Bonchev–Trinajstić information content (AvgIpc) is 3.98. The first kappa shape index (κ1) is 57.6. The first-order chi connectivity index (χ1) is 34.1. The van der Waals surface area contributed by atoms with E-state index in [1.54, 1.807) is 34.6 Å². The van der Waals surface area contributed by atoms with E-state index in [-0.39, 0.29) is 82.0 Å². The Kier molecular flexibility index (Phi) is 17.4. The lowest BCUT2D eigenvalue weighted by molar-refractivity contribution is -0.417. The van der Waals surface area contributed by atoms with Crippen molar-refractivity contribution in [3.63, 3.8) is 0 Å². The van der Waals surface area contributed by atoms with Crippen LogP contribution in [0.4, 0.5) is 0 Å². The molecule has 1 N–H and O–H groups in total. The zero-order valence-electron chi connectivity index (χ0n) is 45.0. The summed E-state index contributed by atoms with van der Waals surface area (Å²) in [6.07, 6.45) is -1.29. The van der Waals surface area contributed by atoms with Gasteiger partial charge in [0.2, 0.25) is 0 Å². The SMILES string of the molecule is COC(=O)CC[C@@H]1C2=C(C)C3=NC([C@H](CC(=O)OC)[C@@]3(C)CCC(=O)OC)[C@]3(C)N=C(/C(C)=C4\NC(=C([N+](=O)[O-])C(=N2)C1(C)C)[C@@H](CCC(=O)OC)[C@]4(C)CC(=O)OC)[C@@H](CCC(=O)OC)[C@]3(C)CC(=O)OC. The standard InChI is InChI=1S/C52H73N5O16/c1-27-40-29(16-19-33(58)67-9)48(3,4)47(53-40)43(57(65)66)42-30(17-20-34(59)68-10)50(6,25-38(63)72-14)45(54-42)28(2)41-31(18-21-35(60)69-11)51(7,26-39(64)73-15)52(8,56-41)46-32(24-37(62)71-13)49(5,44(27)55-46)23-22-36(61)70-12/h29-32,46,54H,16-26H2,1-15H3/b40-27?,43-42?,45-28-/t29-,30-,31-,32+,46?,49-,50+,51+,52+/m1/s1. The van der Waals surface area contributed by atoms with Gasteiger partial charge in [-0.25, -0.2) is 4.99 Å². The molecule has 21 nitrogen and oxygen atoms in total. The summed E-state index contributed by atoms with van der Waals surface area (Å²) >= 11 is 0. The zero-order valence-corrected chi connectivity index (χ0v) is 45.0. The highest BCUT2D eigenvalue weighted by atomic mass is 16.6. The Morgan fingerprint density at radius 3 is 1.59 bits per heavy atom. The van der Waals surface area contributed by atoms with Crippen LogP contribution in [0.2, 0.25) is 0 Å². The Bertz CT molecular complexity index is 2500. The summed E-state index contributed by atoms with van der Waals surface area (Å²) in [4.78, 5) is 124. The number of methoxy groups -OCH3 is 7.